The van der Waals surface area contributed by atoms with Gasteiger partial charge in [0.1, 0.15) is 6.54 Å². The highest BCUT2D eigenvalue weighted by Crippen LogP contribution is 2.32. The lowest BCUT2D eigenvalue weighted by atomic mass is 10.1. The molecular weight excluding hydrogens is 446 g/mol. The van der Waals surface area contributed by atoms with Crippen LogP contribution in [0.2, 0.25) is 0 Å². The van der Waals surface area contributed by atoms with Crippen molar-refractivity contribution in [3.8, 4) is 17.1 Å². The molecule has 1 N–H and O–H groups in total. The van der Waals surface area contributed by atoms with Crippen molar-refractivity contribution in [2.75, 3.05) is 22.5 Å². The number of carbonyl (C=O) groups is 2. The minimum absolute atomic E-state index is 0.00429. The molecule has 170 valence electrons. The Balaban J connectivity index is 1.45. The van der Waals surface area contributed by atoms with Crippen LogP contribution in [0.3, 0.4) is 0 Å². The molecule has 3 aromatic carbocycles. The molecule has 0 bridgehead atoms. The van der Waals surface area contributed by atoms with Gasteiger partial charge in [0.2, 0.25) is 11.8 Å². The van der Waals surface area contributed by atoms with Gasteiger partial charge in [-0.1, -0.05) is 71.4 Å². The molecule has 0 saturated carbocycles. The molecule has 1 aliphatic heterocycles. The minimum atomic E-state index is -0.207. The van der Waals surface area contributed by atoms with Crippen LogP contribution >= 0.6 is 11.8 Å². The molecule has 0 fully saturated rings. The molecule has 34 heavy (non-hydrogen) atoms. The number of benzene rings is 3. The van der Waals surface area contributed by atoms with E-state index in [-0.39, 0.29) is 24.1 Å². The zero-order valence-corrected chi connectivity index (χ0v) is 19.7. The van der Waals surface area contributed by atoms with Crippen molar-refractivity contribution in [1.82, 2.24) is 14.8 Å². The number of carbonyl (C=O) groups excluding carboxylic acids is 2. The van der Waals surface area contributed by atoms with Gasteiger partial charge in [0, 0.05) is 11.3 Å². The number of nitrogens with zero attached hydrogens (tertiary/aromatic N) is 4. The van der Waals surface area contributed by atoms with Gasteiger partial charge in [-0.05, 0) is 38.1 Å². The maximum atomic E-state index is 13.2. The predicted octanol–water partition coefficient (Wildman–Crippen LogP) is 4.63. The van der Waals surface area contributed by atoms with Crippen molar-refractivity contribution in [2.45, 2.75) is 19.0 Å². The Morgan fingerprint density at radius 2 is 1.62 bits per heavy atom. The monoisotopic (exact) mass is 469 g/mol. The van der Waals surface area contributed by atoms with Gasteiger partial charge in [0.05, 0.1) is 17.1 Å². The van der Waals surface area contributed by atoms with E-state index in [1.165, 1.54) is 16.7 Å². The van der Waals surface area contributed by atoms with Crippen LogP contribution in [0.1, 0.15) is 11.1 Å². The Hall–Kier alpha value is -3.91. The summed E-state index contributed by atoms with van der Waals surface area (Å²) in [4.78, 5) is 26.8. The molecule has 2 amide bonds. The average molecular weight is 470 g/mol. The summed E-state index contributed by atoms with van der Waals surface area (Å²) in [6, 6.07) is 23.6. The molecule has 7 nitrogen and oxygen atoms in total. The van der Waals surface area contributed by atoms with Crippen molar-refractivity contribution in [1.29, 1.82) is 0 Å². The van der Waals surface area contributed by atoms with Gasteiger partial charge in [-0.3, -0.25) is 14.2 Å². The Labute approximate surface area is 201 Å². The average Bonchev–Trinajstić information content (AvgIpc) is 3.27. The van der Waals surface area contributed by atoms with Crippen molar-refractivity contribution >= 4 is 35.0 Å². The number of para-hydroxylation sites is 2. The first-order chi connectivity index (χ1) is 16.5. The van der Waals surface area contributed by atoms with Crippen LogP contribution in [0.5, 0.6) is 0 Å². The molecule has 1 aromatic heterocycles. The summed E-state index contributed by atoms with van der Waals surface area (Å²) in [6.45, 7) is 4.08. The maximum absolute atomic E-state index is 13.2. The standard InChI is InChI=1S/C26H23N5O2S/c1-17-7-11-19(12-8-17)25-28-29-26(31(25)20-13-9-18(2)10-14-20)34-16-24(33)30-15-23(32)27-21-5-3-4-6-22(21)30/h3-14H,15-16H2,1-2H3,(H,27,32). The first kappa shape index (κ1) is 21.9. The highest BCUT2D eigenvalue weighted by molar-refractivity contribution is 7.99. The predicted molar refractivity (Wildman–Crippen MR) is 134 cm³/mol. The zero-order valence-electron chi connectivity index (χ0n) is 18.9. The molecule has 0 atom stereocenters. The smallest absolute Gasteiger partial charge is 0.244 e. The van der Waals surface area contributed by atoms with Crippen LogP contribution in [-0.4, -0.2) is 38.9 Å². The lowest BCUT2D eigenvalue weighted by molar-refractivity contribution is -0.120. The molecule has 4 aromatic rings. The zero-order chi connectivity index (χ0) is 23.7. The van der Waals surface area contributed by atoms with E-state index in [9.17, 15) is 9.59 Å². The summed E-state index contributed by atoms with van der Waals surface area (Å²) < 4.78 is 1.97. The van der Waals surface area contributed by atoms with E-state index >= 15 is 0 Å². The van der Waals surface area contributed by atoms with Gasteiger partial charge < -0.3 is 10.2 Å². The lowest BCUT2D eigenvalue weighted by Gasteiger charge is -2.29. The molecular formula is C26H23N5O2S. The molecule has 8 heteroatoms. The molecule has 5 rings (SSSR count). The number of anilines is 2. The number of aryl methyl sites for hydroxylation is 2. The number of thioether (sulfide) groups is 1. The summed E-state index contributed by atoms with van der Waals surface area (Å²) in [6.07, 6.45) is 0. The molecule has 0 spiro atoms. The molecule has 1 aliphatic rings. The SMILES string of the molecule is Cc1ccc(-c2nnc(SCC(=O)N3CC(=O)Nc4ccccc43)n2-c2ccc(C)cc2)cc1. The third-order valence-electron chi connectivity index (χ3n) is 5.63. The number of amides is 2. The van der Waals surface area contributed by atoms with Gasteiger partial charge in [-0.15, -0.1) is 10.2 Å². The van der Waals surface area contributed by atoms with Gasteiger partial charge in [-0.2, -0.15) is 0 Å². The van der Waals surface area contributed by atoms with Crippen LogP contribution in [0.15, 0.2) is 78.0 Å². The van der Waals surface area contributed by atoms with Crippen LogP contribution in [0, 0.1) is 13.8 Å². The fourth-order valence-electron chi connectivity index (χ4n) is 3.84. The van der Waals surface area contributed by atoms with Crippen LogP contribution < -0.4 is 10.2 Å². The Kier molecular flexibility index (Phi) is 5.90. The summed E-state index contributed by atoms with van der Waals surface area (Å²) in [7, 11) is 0. The van der Waals surface area contributed by atoms with Gasteiger partial charge in [0.15, 0.2) is 11.0 Å². The second kappa shape index (κ2) is 9.15. The molecule has 0 radical (unpaired) electrons. The van der Waals surface area contributed by atoms with Crippen LogP contribution in [0.4, 0.5) is 11.4 Å². The Morgan fingerprint density at radius 3 is 2.35 bits per heavy atom. The van der Waals surface area contributed by atoms with Gasteiger partial charge in [0.25, 0.3) is 0 Å². The van der Waals surface area contributed by atoms with Crippen LogP contribution in [0.25, 0.3) is 17.1 Å². The van der Waals surface area contributed by atoms with E-state index in [0.29, 0.717) is 22.4 Å². The molecule has 2 heterocycles. The van der Waals surface area contributed by atoms with Crippen molar-refractivity contribution in [3.63, 3.8) is 0 Å². The Bertz CT molecular complexity index is 1360. The highest BCUT2D eigenvalue weighted by atomic mass is 32.2. The molecule has 0 saturated heterocycles. The topological polar surface area (TPSA) is 80.1 Å². The number of fused-ring (bicyclic) bond motifs is 1. The van der Waals surface area contributed by atoms with E-state index in [0.717, 1.165) is 22.4 Å². The van der Waals surface area contributed by atoms with Crippen molar-refractivity contribution in [2.24, 2.45) is 0 Å². The molecule has 0 aliphatic carbocycles. The number of hydrogen-bond donors (Lipinski definition) is 1. The van der Waals surface area contributed by atoms with Gasteiger partial charge >= 0.3 is 0 Å². The summed E-state index contributed by atoms with van der Waals surface area (Å²) in [5.41, 5.74) is 5.52. The second-order valence-corrected chi connectivity index (χ2v) is 9.12. The fraction of sp³-hybridized carbons (Fsp3) is 0.154. The van der Waals surface area contributed by atoms with Crippen molar-refractivity contribution in [3.05, 3.63) is 83.9 Å². The summed E-state index contributed by atoms with van der Waals surface area (Å²) in [5, 5.41) is 12.3. The van der Waals surface area contributed by atoms with E-state index in [4.69, 9.17) is 0 Å². The number of hydrogen-bond acceptors (Lipinski definition) is 5. The summed E-state index contributed by atoms with van der Waals surface area (Å²) in [5.74, 6) is 0.463. The largest absolute Gasteiger partial charge is 0.323 e. The van der Waals surface area contributed by atoms with E-state index < -0.39 is 0 Å². The van der Waals surface area contributed by atoms with Crippen LogP contribution in [-0.2, 0) is 9.59 Å². The minimum Gasteiger partial charge on any atom is -0.323 e. The summed E-state index contributed by atoms with van der Waals surface area (Å²) >= 11 is 1.31. The Morgan fingerprint density at radius 1 is 0.941 bits per heavy atom. The fourth-order valence-corrected chi connectivity index (χ4v) is 4.67. The lowest BCUT2D eigenvalue weighted by Crippen LogP contribution is -2.43. The molecule has 0 unspecified atom stereocenters. The van der Waals surface area contributed by atoms with Crippen molar-refractivity contribution < 1.29 is 9.59 Å². The third kappa shape index (κ3) is 4.32. The van der Waals surface area contributed by atoms with E-state index in [1.807, 2.05) is 85.1 Å². The second-order valence-electron chi connectivity index (χ2n) is 8.18. The van der Waals surface area contributed by atoms with E-state index in [2.05, 4.69) is 15.5 Å². The highest BCUT2D eigenvalue weighted by Gasteiger charge is 2.27. The normalized spacial score (nSPS) is 12.9. The van der Waals surface area contributed by atoms with E-state index in [1.54, 1.807) is 6.07 Å². The first-order valence-electron chi connectivity index (χ1n) is 10.9. The number of aromatic nitrogens is 3. The number of rotatable bonds is 5. The maximum Gasteiger partial charge on any atom is 0.244 e. The first-order valence-corrected chi connectivity index (χ1v) is 11.9. The number of nitrogens with one attached hydrogen (secondary N) is 1. The quantitative estimate of drug-likeness (QED) is 0.431. The third-order valence-corrected chi connectivity index (χ3v) is 6.55. The van der Waals surface area contributed by atoms with Gasteiger partial charge in [-0.25, -0.2) is 0 Å².